The van der Waals surface area contributed by atoms with Gasteiger partial charge in [-0.25, -0.2) is 0 Å². The molecule has 0 atom stereocenters. The smallest absolute Gasteiger partial charge is 0.293 e. The van der Waals surface area contributed by atoms with Crippen molar-refractivity contribution in [1.82, 2.24) is 4.98 Å². The lowest BCUT2D eigenvalue weighted by Gasteiger charge is -2.27. The van der Waals surface area contributed by atoms with E-state index in [2.05, 4.69) is 10.3 Å². The van der Waals surface area contributed by atoms with Crippen LogP contribution in [-0.2, 0) is 12.3 Å². The van der Waals surface area contributed by atoms with E-state index >= 15 is 0 Å². The summed E-state index contributed by atoms with van der Waals surface area (Å²) in [5.74, 6) is -2.78. The van der Waals surface area contributed by atoms with Crippen LogP contribution in [0.1, 0.15) is 30.2 Å². The van der Waals surface area contributed by atoms with Crippen molar-refractivity contribution >= 4 is 5.69 Å². The third kappa shape index (κ3) is 1.58. The van der Waals surface area contributed by atoms with Crippen LogP contribution in [0.25, 0.3) is 0 Å². The van der Waals surface area contributed by atoms with Gasteiger partial charge in [0.15, 0.2) is 0 Å². The molecule has 2 nitrogen and oxygen atoms in total. The van der Waals surface area contributed by atoms with Crippen LogP contribution < -0.4 is 5.32 Å². The first kappa shape index (κ1) is 10.3. The number of aryl methyl sites for hydroxylation is 1. The van der Waals surface area contributed by atoms with E-state index in [1.165, 1.54) is 0 Å². The molecule has 15 heavy (non-hydrogen) atoms. The molecule has 0 fully saturated rings. The first-order valence-electron chi connectivity index (χ1n) is 5.17. The standard InChI is InChI=1S/C11H14F2N2/c1-3-8-6-15-10-9(7(8)2)14-5-4-11(10,12)13/h6,14H,3-5H2,1-2H3. The van der Waals surface area contributed by atoms with E-state index in [4.69, 9.17) is 0 Å². The van der Waals surface area contributed by atoms with Crippen LogP contribution in [0.2, 0.25) is 0 Å². The minimum absolute atomic E-state index is 0.0940. The second-order valence-electron chi connectivity index (χ2n) is 3.87. The van der Waals surface area contributed by atoms with Crippen LogP contribution in [-0.4, -0.2) is 11.5 Å². The van der Waals surface area contributed by atoms with E-state index in [9.17, 15) is 8.78 Å². The number of halogens is 2. The molecule has 1 N–H and O–H groups in total. The molecule has 0 saturated heterocycles. The third-order valence-corrected chi connectivity index (χ3v) is 2.91. The molecule has 0 amide bonds. The Bertz CT molecular complexity index is 388. The molecule has 1 aromatic heterocycles. The number of alkyl halides is 2. The van der Waals surface area contributed by atoms with Gasteiger partial charge in [-0.05, 0) is 24.5 Å². The van der Waals surface area contributed by atoms with Gasteiger partial charge in [-0.1, -0.05) is 6.92 Å². The number of anilines is 1. The summed E-state index contributed by atoms with van der Waals surface area (Å²) in [6.45, 7) is 4.18. The van der Waals surface area contributed by atoms with Gasteiger partial charge in [0.2, 0.25) is 0 Å². The maximum atomic E-state index is 13.5. The molecule has 1 aromatic rings. The van der Waals surface area contributed by atoms with Crippen LogP contribution in [0.4, 0.5) is 14.5 Å². The molecule has 4 heteroatoms. The topological polar surface area (TPSA) is 24.9 Å². The first-order chi connectivity index (χ1) is 7.06. The maximum Gasteiger partial charge on any atom is 0.293 e. The van der Waals surface area contributed by atoms with Crippen LogP contribution in [0, 0.1) is 6.92 Å². The normalized spacial score (nSPS) is 18.1. The number of hydrogen-bond acceptors (Lipinski definition) is 2. The minimum Gasteiger partial charge on any atom is -0.383 e. The van der Waals surface area contributed by atoms with Crippen LogP contribution in [0.3, 0.4) is 0 Å². The number of nitrogens with one attached hydrogen (secondary N) is 1. The van der Waals surface area contributed by atoms with Gasteiger partial charge >= 0.3 is 0 Å². The molecule has 0 unspecified atom stereocenters. The lowest BCUT2D eigenvalue weighted by Crippen LogP contribution is -2.28. The Hall–Kier alpha value is -1.19. The van der Waals surface area contributed by atoms with Crippen molar-refractivity contribution in [3.05, 3.63) is 23.0 Å². The molecule has 82 valence electrons. The Morgan fingerprint density at radius 1 is 1.53 bits per heavy atom. The van der Waals surface area contributed by atoms with Crippen LogP contribution in [0.5, 0.6) is 0 Å². The molecule has 0 radical (unpaired) electrons. The van der Waals surface area contributed by atoms with Crippen molar-refractivity contribution in [3.63, 3.8) is 0 Å². The Morgan fingerprint density at radius 3 is 2.93 bits per heavy atom. The number of nitrogens with zero attached hydrogens (tertiary/aromatic N) is 1. The summed E-state index contributed by atoms with van der Waals surface area (Å²) in [6, 6.07) is 0. The zero-order chi connectivity index (χ0) is 11.1. The summed E-state index contributed by atoms with van der Waals surface area (Å²) in [6.07, 6.45) is 2.21. The number of rotatable bonds is 1. The fourth-order valence-corrected chi connectivity index (χ4v) is 1.95. The summed E-state index contributed by atoms with van der Waals surface area (Å²) in [4.78, 5) is 3.89. The summed E-state index contributed by atoms with van der Waals surface area (Å²) < 4.78 is 27.0. The van der Waals surface area contributed by atoms with E-state index in [1.807, 2.05) is 13.8 Å². The number of pyridine rings is 1. The molecule has 2 heterocycles. The van der Waals surface area contributed by atoms with Gasteiger partial charge in [-0.2, -0.15) is 8.78 Å². The zero-order valence-electron chi connectivity index (χ0n) is 8.90. The highest BCUT2D eigenvalue weighted by Gasteiger charge is 2.39. The first-order valence-corrected chi connectivity index (χ1v) is 5.17. The van der Waals surface area contributed by atoms with Crippen LogP contribution >= 0.6 is 0 Å². The van der Waals surface area contributed by atoms with Gasteiger partial charge in [-0.15, -0.1) is 0 Å². The zero-order valence-corrected chi connectivity index (χ0v) is 8.90. The van der Waals surface area contributed by atoms with Crippen molar-refractivity contribution in [1.29, 1.82) is 0 Å². The van der Waals surface area contributed by atoms with E-state index in [1.54, 1.807) is 6.20 Å². The highest BCUT2D eigenvalue weighted by atomic mass is 19.3. The van der Waals surface area contributed by atoms with Gasteiger partial charge < -0.3 is 5.32 Å². The average molecular weight is 212 g/mol. The quantitative estimate of drug-likeness (QED) is 0.774. The van der Waals surface area contributed by atoms with Crippen LogP contribution in [0.15, 0.2) is 6.20 Å². The highest BCUT2D eigenvalue weighted by molar-refractivity contribution is 5.59. The SMILES string of the molecule is CCc1cnc2c(c1C)NCCC2(F)F. The highest BCUT2D eigenvalue weighted by Crippen LogP contribution is 2.40. The molecule has 0 aromatic carbocycles. The minimum atomic E-state index is -2.78. The summed E-state index contributed by atoms with van der Waals surface area (Å²) >= 11 is 0. The molecule has 1 aliphatic heterocycles. The largest absolute Gasteiger partial charge is 0.383 e. The Balaban J connectivity index is 2.58. The van der Waals surface area contributed by atoms with Crippen molar-refractivity contribution in [2.24, 2.45) is 0 Å². The van der Waals surface area contributed by atoms with E-state index in [0.717, 1.165) is 17.5 Å². The van der Waals surface area contributed by atoms with Gasteiger partial charge in [0.25, 0.3) is 5.92 Å². The maximum absolute atomic E-state index is 13.5. The summed E-state index contributed by atoms with van der Waals surface area (Å²) in [7, 11) is 0. The lowest BCUT2D eigenvalue weighted by molar-refractivity contribution is -0.0168. The van der Waals surface area contributed by atoms with E-state index in [-0.39, 0.29) is 12.1 Å². The molecule has 0 saturated carbocycles. The predicted octanol–water partition coefficient (Wildman–Crippen LogP) is 2.86. The lowest BCUT2D eigenvalue weighted by atomic mass is 9.98. The predicted molar refractivity (Wildman–Crippen MR) is 55.4 cm³/mol. The number of aromatic nitrogens is 1. The van der Waals surface area contributed by atoms with Gasteiger partial charge in [0, 0.05) is 19.2 Å². The summed E-state index contributed by atoms with van der Waals surface area (Å²) in [5, 5.41) is 3.02. The van der Waals surface area contributed by atoms with E-state index in [0.29, 0.717) is 12.2 Å². The molecule has 0 bridgehead atoms. The van der Waals surface area contributed by atoms with Gasteiger partial charge in [-0.3, -0.25) is 4.98 Å². The monoisotopic (exact) mass is 212 g/mol. The van der Waals surface area contributed by atoms with Crippen molar-refractivity contribution in [2.75, 3.05) is 11.9 Å². The average Bonchev–Trinajstić information content (AvgIpc) is 2.19. The Morgan fingerprint density at radius 2 is 2.27 bits per heavy atom. The fourth-order valence-electron chi connectivity index (χ4n) is 1.95. The van der Waals surface area contributed by atoms with Crippen molar-refractivity contribution in [3.8, 4) is 0 Å². The van der Waals surface area contributed by atoms with Gasteiger partial charge in [0.05, 0.1) is 5.69 Å². The summed E-state index contributed by atoms with van der Waals surface area (Å²) in [5.41, 5.74) is 2.37. The fraction of sp³-hybridized carbons (Fsp3) is 0.545. The second kappa shape index (κ2) is 3.43. The van der Waals surface area contributed by atoms with E-state index < -0.39 is 5.92 Å². The number of fused-ring (bicyclic) bond motifs is 1. The Kier molecular flexibility index (Phi) is 2.37. The molecule has 2 rings (SSSR count). The molecule has 0 spiro atoms. The third-order valence-electron chi connectivity index (χ3n) is 2.91. The molecular formula is C11H14F2N2. The second-order valence-corrected chi connectivity index (χ2v) is 3.87. The van der Waals surface area contributed by atoms with Gasteiger partial charge in [0.1, 0.15) is 5.69 Å². The Labute approximate surface area is 87.7 Å². The van der Waals surface area contributed by atoms with Crippen molar-refractivity contribution < 1.29 is 8.78 Å². The molecule has 1 aliphatic rings. The number of hydrogen-bond donors (Lipinski definition) is 1. The van der Waals surface area contributed by atoms with Crippen molar-refractivity contribution in [2.45, 2.75) is 32.6 Å². The molecular weight excluding hydrogens is 198 g/mol. The molecule has 0 aliphatic carbocycles.